The number of nitrogens with zero attached hydrogens (tertiary/aromatic N) is 3. The van der Waals surface area contributed by atoms with Crippen LogP contribution in [0.1, 0.15) is 22.4 Å². The maximum Gasteiger partial charge on any atom is 0.227 e. The van der Waals surface area contributed by atoms with Gasteiger partial charge in [-0.2, -0.15) is 5.10 Å². The number of fused-ring (bicyclic) bond motifs is 1. The molecule has 1 amide bonds. The molecule has 1 N–H and O–H groups in total. The lowest BCUT2D eigenvalue weighted by Gasteiger charge is -2.20. The van der Waals surface area contributed by atoms with Crippen molar-refractivity contribution in [1.82, 2.24) is 14.7 Å². The molecule has 0 unspecified atom stereocenters. The zero-order valence-electron chi connectivity index (χ0n) is 16.1. The van der Waals surface area contributed by atoms with Crippen LogP contribution in [0.15, 0.2) is 54.6 Å². The molecule has 2 aromatic carbocycles. The fourth-order valence-corrected chi connectivity index (χ4v) is 3.90. The van der Waals surface area contributed by atoms with Gasteiger partial charge < -0.3 is 10.0 Å². The minimum Gasteiger partial charge on any atom is -0.392 e. The van der Waals surface area contributed by atoms with Crippen molar-refractivity contribution in [3.63, 3.8) is 0 Å². The minimum atomic E-state index is 0.0242. The van der Waals surface area contributed by atoms with Crippen LogP contribution in [-0.2, 0) is 37.7 Å². The third-order valence-corrected chi connectivity index (χ3v) is 5.49. The van der Waals surface area contributed by atoms with Gasteiger partial charge in [-0.1, -0.05) is 54.6 Å². The molecule has 5 heteroatoms. The van der Waals surface area contributed by atoms with Gasteiger partial charge >= 0.3 is 0 Å². The van der Waals surface area contributed by atoms with E-state index in [0.29, 0.717) is 19.5 Å². The highest BCUT2D eigenvalue weighted by molar-refractivity contribution is 5.79. The summed E-state index contributed by atoms with van der Waals surface area (Å²) in [5.41, 5.74) is 6.49. The predicted octanol–water partition coefficient (Wildman–Crippen LogP) is 2.75. The van der Waals surface area contributed by atoms with Gasteiger partial charge in [0.05, 0.1) is 18.7 Å². The second kappa shape index (κ2) is 7.98. The van der Waals surface area contributed by atoms with Crippen LogP contribution in [0.2, 0.25) is 0 Å². The van der Waals surface area contributed by atoms with E-state index in [-0.39, 0.29) is 12.5 Å². The number of aryl methyl sites for hydroxylation is 1. The Morgan fingerprint density at radius 2 is 1.68 bits per heavy atom. The van der Waals surface area contributed by atoms with Gasteiger partial charge in [0, 0.05) is 43.4 Å². The first-order chi connectivity index (χ1) is 13.7. The zero-order valence-corrected chi connectivity index (χ0v) is 16.1. The molecule has 1 aliphatic heterocycles. The number of hydrogen-bond donors (Lipinski definition) is 1. The Bertz CT molecular complexity index is 962. The van der Waals surface area contributed by atoms with Crippen molar-refractivity contribution in [1.29, 1.82) is 0 Å². The molecule has 4 rings (SSSR count). The number of rotatable bonds is 4. The Kier molecular flexibility index (Phi) is 5.26. The van der Waals surface area contributed by atoms with Crippen molar-refractivity contribution in [3.8, 4) is 11.3 Å². The highest BCUT2D eigenvalue weighted by Gasteiger charge is 2.24. The average Bonchev–Trinajstić information content (AvgIpc) is 2.90. The molecule has 0 aliphatic carbocycles. The summed E-state index contributed by atoms with van der Waals surface area (Å²) in [7, 11) is 1.99. The van der Waals surface area contributed by atoms with Crippen LogP contribution in [0.4, 0.5) is 0 Å². The summed E-state index contributed by atoms with van der Waals surface area (Å²) in [5.74, 6) is 0.152. The first kappa shape index (κ1) is 18.4. The monoisotopic (exact) mass is 375 g/mol. The lowest BCUT2D eigenvalue weighted by molar-refractivity contribution is -0.130. The number of aliphatic hydroxyl groups is 1. The first-order valence-electron chi connectivity index (χ1n) is 9.72. The molecule has 1 aromatic heterocycles. The highest BCUT2D eigenvalue weighted by Crippen LogP contribution is 2.28. The number of aromatic nitrogens is 2. The van der Waals surface area contributed by atoms with E-state index in [2.05, 4.69) is 12.1 Å². The summed E-state index contributed by atoms with van der Waals surface area (Å²) in [6.45, 7) is 1.46. The van der Waals surface area contributed by atoms with Crippen LogP contribution in [0.3, 0.4) is 0 Å². The second-order valence-electron chi connectivity index (χ2n) is 7.30. The number of carbonyl (C=O) groups is 1. The SMILES string of the molecule is Cn1nc(-c2ccccc2)c2c1CCN(C(=O)Cc1ccc(CO)cc1)CC2. The summed E-state index contributed by atoms with van der Waals surface area (Å²) < 4.78 is 1.97. The molecule has 0 fully saturated rings. The number of aliphatic hydroxyl groups excluding tert-OH is 1. The maximum atomic E-state index is 12.8. The molecule has 144 valence electrons. The molecule has 3 aromatic rings. The topological polar surface area (TPSA) is 58.4 Å². The molecule has 0 bridgehead atoms. The minimum absolute atomic E-state index is 0.0242. The summed E-state index contributed by atoms with van der Waals surface area (Å²) in [4.78, 5) is 14.8. The third-order valence-electron chi connectivity index (χ3n) is 5.49. The fraction of sp³-hybridized carbons (Fsp3) is 0.304. The molecule has 1 aliphatic rings. The van der Waals surface area contributed by atoms with Crippen LogP contribution in [0.5, 0.6) is 0 Å². The highest BCUT2D eigenvalue weighted by atomic mass is 16.3. The van der Waals surface area contributed by atoms with Crippen molar-refractivity contribution < 1.29 is 9.90 Å². The lowest BCUT2D eigenvalue weighted by Crippen LogP contribution is -2.34. The van der Waals surface area contributed by atoms with Gasteiger partial charge in [-0.05, 0) is 17.5 Å². The largest absolute Gasteiger partial charge is 0.392 e. The van der Waals surface area contributed by atoms with E-state index in [1.807, 2.05) is 59.1 Å². The van der Waals surface area contributed by atoms with Gasteiger partial charge in [-0.25, -0.2) is 0 Å². The van der Waals surface area contributed by atoms with Crippen LogP contribution >= 0.6 is 0 Å². The van der Waals surface area contributed by atoms with E-state index in [4.69, 9.17) is 10.2 Å². The second-order valence-corrected chi connectivity index (χ2v) is 7.30. The van der Waals surface area contributed by atoms with Crippen molar-refractivity contribution in [2.24, 2.45) is 7.05 Å². The quantitative estimate of drug-likeness (QED) is 0.763. The van der Waals surface area contributed by atoms with Crippen molar-refractivity contribution in [2.45, 2.75) is 25.9 Å². The third kappa shape index (κ3) is 3.71. The Labute approximate surface area is 165 Å². The van der Waals surface area contributed by atoms with E-state index in [1.165, 1.54) is 11.3 Å². The average molecular weight is 375 g/mol. The molecule has 28 heavy (non-hydrogen) atoms. The van der Waals surface area contributed by atoms with E-state index in [1.54, 1.807) is 0 Å². The molecule has 0 atom stereocenters. The van der Waals surface area contributed by atoms with Crippen LogP contribution in [0.25, 0.3) is 11.3 Å². The number of amides is 1. The summed E-state index contributed by atoms with van der Waals surface area (Å²) in [6, 6.07) is 17.9. The van der Waals surface area contributed by atoms with E-state index >= 15 is 0 Å². The molecule has 0 saturated carbocycles. The molecular formula is C23H25N3O2. The Hall–Kier alpha value is -2.92. The van der Waals surface area contributed by atoms with E-state index in [0.717, 1.165) is 35.2 Å². The smallest absolute Gasteiger partial charge is 0.227 e. The summed E-state index contributed by atoms with van der Waals surface area (Å²) in [6.07, 6.45) is 2.04. The molecular weight excluding hydrogens is 350 g/mol. The van der Waals surface area contributed by atoms with E-state index in [9.17, 15) is 4.79 Å². The summed E-state index contributed by atoms with van der Waals surface area (Å²) in [5, 5.41) is 13.9. The normalized spacial score (nSPS) is 13.9. The van der Waals surface area contributed by atoms with Crippen molar-refractivity contribution in [3.05, 3.63) is 77.0 Å². The predicted molar refractivity (Wildman–Crippen MR) is 109 cm³/mol. The van der Waals surface area contributed by atoms with Crippen LogP contribution in [-0.4, -0.2) is 38.8 Å². The van der Waals surface area contributed by atoms with Gasteiger partial charge in [-0.15, -0.1) is 0 Å². The molecule has 0 saturated heterocycles. The van der Waals surface area contributed by atoms with Crippen LogP contribution in [0, 0.1) is 0 Å². The number of carbonyl (C=O) groups excluding carboxylic acids is 1. The Morgan fingerprint density at radius 3 is 2.39 bits per heavy atom. The Morgan fingerprint density at radius 1 is 1.00 bits per heavy atom. The van der Waals surface area contributed by atoms with Crippen molar-refractivity contribution in [2.75, 3.05) is 13.1 Å². The van der Waals surface area contributed by atoms with Crippen LogP contribution < -0.4 is 0 Å². The molecule has 2 heterocycles. The van der Waals surface area contributed by atoms with Gasteiger partial charge in [0.15, 0.2) is 0 Å². The van der Waals surface area contributed by atoms with Crippen molar-refractivity contribution >= 4 is 5.91 Å². The Balaban J connectivity index is 1.49. The first-order valence-corrected chi connectivity index (χ1v) is 9.72. The van der Waals surface area contributed by atoms with Gasteiger partial charge in [0.2, 0.25) is 5.91 Å². The maximum absolute atomic E-state index is 12.8. The zero-order chi connectivity index (χ0) is 19.5. The van der Waals surface area contributed by atoms with Gasteiger partial charge in [-0.3, -0.25) is 9.48 Å². The summed E-state index contributed by atoms with van der Waals surface area (Å²) >= 11 is 0. The fourth-order valence-electron chi connectivity index (χ4n) is 3.90. The van der Waals surface area contributed by atoms with Gasteiger partial charge in [0.1, 0.15) is 0 Å². The number of hydrogen-bond acceptors (Lipinski definition) is 3. The molecule has 5 nitrogen and oxygen atoms in total. The number of benzene rings is 2. The molecule has 0 spiro atoms. The van der Waals surface area contributed by atoms with E-state index < -0.39 is 0 Å². The lowest BCUT2D eigenvalue weighted by atomic mass is 10.0. The molecule has 0 radical (unpaired) electrons. The van der Waals surface area contributed by atoms with Gasteiger partial charge in [0.25, 0.3) is 0 Å². The standard InChI is InChI=1S/C23H25N3O2/c1-25-21-12-14-26(22(28)15-17-7-9-18(16-27)10-8-17)13-11-20(21)23(24-25)19-5-3-2-4-6-19/h2-10,27H,11-16H2,1H3.